The molecular formula is C33H36Cl2N2O5S. The lowest BCUT2D eigenvalue weighted by molar-refractivity contribution is -0.125. The molecule has 2 heterocycles. The Balaban J connectivity index is 1.45. The minimum absolute atomic E-state index is 0.227. The second-order valence-corrected chi connectivity index (χ2v) is 14.1. The smallest absolute Gasteiger partial charge is 0.348 e. The van der Waals surface area contributed by atoms with Gasteiger partial charge >= 0.3 is 5.97 Å². The summed E-state index contributed by atoms with van der Waals surface area (Å²) in [7, 11) is 0. The Labute approximate surface area is 266 Å². The molecule has 0 unspecified atom stereocenters. The lowest BCUT2D eigenvalue weighted by Gasteiger charge is -2.48. The van der Waals surface area contributed by atoms with Crippen LogP contribution in [0.15, 0.2) is 54.6 Å². The minimum Gasteiger partial charge on any atom is -0.456 e. The first kappa shape index (κ1) is 31.5. The van der Waals surface area contributed by atoms with Gasteiger partial charge in [0.15, 0.2) is 0 Å². The Hall–Kier alpha value is -2.91. The maximum absolute atomic E-state index is 14.1. The van der Waals surface area contributed by atoms with Gasteiger partial charge in [0.1, 0.15) is 10.5 Å². The van der Waals surface area contributed by atoms with Crippen LogP contribution in [0.3, 0.4) is 0 Å². The van der Waals surface area contributed by atoms with E-state index in [4.69, 9.17) is 27.9 Å². The summed E-state index contributed by atoms with van der Waals surface area (Å²) in [6, 6.07) is 14.7. The molecular weight excluding hydrogens is 607 g/mol. The first-order valence-electron chi connectivity index (χ1n) is 14.6. The van der Waals surface area contributed by atoms with Gasteiger partial charge in [0.05, 0.1) is 24.1 Å². The zero-order valence-corrected chi connectivity index (χ0v) is 26.8. The van der Waals surface area contributed by atoms with Crippen molar-refractivity contribution in [3.05, 3.63) is 91.1 Å². The van der Waals surface area contributed by atoms with Crippen LogP contribution < -0.4 is 5.32 Å². The highest BCUT2D eigenvalue weighted by atomic mass is 35.5. The number of aliphatic hydroxyl groups is 1. The molecule has 5 rings (SSSR count). The lowest BCUT2D eigenvalue weighted by Crippen LogP contribution is -2.55. The molecule has 7 nitrogen and oxygen atoms in total. The normalized spacial score (nSPS) is 22.2. The number of carbonyl (C=O) groups excluding carboxylic acids is 3. The molecule has 1 fully saturated rings. The van der Waals surface area contributed by atoms with Crippen molar-refractivity contribution in [2.45, 2.75) is 82.6 Å². The van der Waals surface area contributed by atoms with Crippen molar-refractivity contribution in [3.8, 4) is 0 Å². The zero-order valence-electron chi connectivity index (χ0n) is 24.4. The molecule has 0 bridgehead atoms. The number of carbonyl (C=O) groups is 3. The van der Waals surface area contributed by atoms with Crippen molar-refractivity contribution in [2.24, 2.45) is 0 Å². The number of amides is 2. The van der Waals surface area contributed by atoms with Gasteiger partial charge in [-0.25, -0.2) is 4.79 Å². The number of halogens is 2. The zero-order chi connectivity index (χ0) is 30.9. The van der Waals surface area contributed by atoms with Gasteiger partial charge in [-0.3, -0.25) is 9.59 Å². The van der Waals surface area contributed by atoms with Crippen LogP contribution in [-0.4, -0.2) is 52.1 Å². The minimum atomic E-state index is -0.776. The van der Waals surface area contributed by atoms with Crippen LogP contribution >= 0.6 is 34.5 Å². The van der Waals surface area contributed by atoms with E-state index in [0.29, 0.717) is 57.4 Å². The standard InChI is InChI=1S/C33H36Cl2N2O5S/c1-33(2,3)42-32(41)27-15-13-20(43-27)16-17-36-30(39)28-21-8-4-5-9-22(21)31(40)37(25-10-6-7-11-26(25)38)29(28)23-14-12-19(34)18-24(23)35/h4-5,8-9,12-15,18,25-26,28-29,38H,6-7,10-11,16-17H2,1-3H3,(H,36,39)/t25-,26-,28+,29-/m0/s1. The van der Waals surface area contributed by atoms with Crippen LogP contribution in [0.1, 0.15) is 94.4 Å². The van der Waals surface area contributed by atoms with E-state index in [1.165, 1.54) is 11.3 Å². The fourth-order valence-electron chi connectivity index (χ4n) is 6.06. The molecule has 2 amide bonds. The van der Waals surface area contributed by atoms with Crippen LogP contribution in [0, 0.1) is 0 Å². The van der Waals surface area contributed by atoms with E-state index in [2.05, 4.69) is 5.32 Å². The van der Waals surface area contributed by atoms with Gasteiger partial charge in [0.2, 0.25) is 5.91 Å². The molecule has 10 heteroatoms. The van der Waals surface area contributed by atoms with Crippen molar-refractivity contribution in [2.75, 3.05) is 6.54 Å². The number of ether oxygens (including phenoxy) is 1. The molecule has 0 spiro atoms. The van der Waals surface area contributed by atoms with Crippen LogP contribution in [-0.2, 0) is 16.0 Å². The number of nitrogens with zero attached hydrogens (tertiary/aromatic N) is 1. The first-order valence-corrected chi connectivity index (χ1v) is 16.2. The number of nitrogens with one attached hydrogen (secondary N) is 1. The molecule has 2 aromatic carbocycles. The summed E-state index contributed by atoms with van der Waals surface area (Å²) < 4.78 is 5.47. The second-order valence-electron chi connectivity index (χ2n) is 12.1. The monoisotopic (exact) mass is 642 g/mol. The molecule has 228 valence electrons. The van der Waals surface area contributed by atoms with Crippen LogP contribution in [0.5, 0.6) is 0 Å². The van der Waals surface area contributed by atoms with E-state index < -0.39 is 29.7 Å². The Morgan fingerprint density at radius 3 is 2.51 bits per heavy atom. The lowest BCUT2D eigenvalue weighted by atomic mass is 9.76. The van der Waals surface area contributed by atoms with Gasteiger partial charge in [-0.1, -0.05) is 60.3 Å². The first-order chi connectivity index (χ1) is 20.4. The molecule has 2 N–H and O–H groups in total. The number of aliphatic hydroxyl groups excluding tert-OH is 1. The number of fused-ring (bicyclic) bond motifs is 1. The van der Waals surface area contributed by atoms with Crippen LogP contribution in [0.25, 0.3) is 0 Å². The average Bonchev–Trinajstić information content (AvgIpc) is 3.42. The SMILES string of the molecule is CC(C)(C)OC(=O)c1ccc(CCNC(=O)[C@@H]2c3ccccc3C(=O)N([C@H]3CCCC[C@@H]3O)[C@H]2c2ccc(Cl)cc2Cl)s1. The largest absolute Gasteiger partial charge is 0.456 e. The fourth-order valence-corrected chi connectivity index (χ4v) is 7.46. The van der Waals surface area contributed by atoms with Crippen molar-refractivity contribution >= 4 is 52.3 Å². The van der Waals surface area contributed by atoms with Gasteiger partial charge in [0, 0.05) is 27.0 Å². The van der Waals surface area contributed by atoms with Crippen molar-refractivity contribution in [1.29, 1.82) is 0 Å². The van der Waals surface area contributed by atoms with E-state index in [9.17, 15) is 19.5 Å². The summed E-state index contributed by atoms with van der Waals surface area (Å²) in [5, 5.41) is 15.0. The molecule has 43 heavy (non-hydrogen) atoms. The summed E-state index contributed by atoms with van der Waals surface area (Å²) in [5.41, 5.74) is 1.08. The predicted octanol–water partition coefficient (Wildman–Crippen LogP) is 6.95. The van der Waals surface area contributed by atoms with E-state index in [0.717, 1.165) is 17.7 Å². The molecule has 1 aliphatic heterocycles. The van der Waals surface area contributed by atoms with Gasteiger partial charge in [0.25, 0.3) is 5.91 Å². The second kappa shape index (κ2) is 13.0. The number of hydrogen-bond acceptors (Lipinski definition) is 6. The number of esters is 1. The van der Waals surface area contributed by atoms with Crippen molar-refractivity contribution in [3.63, 3.8) is 0 Å². The van der Waals surface area contributed by atoms with Gasteiger partial charge in [-0.15, -0.1) is 11.3 Å². The Kier molecular flexibility index (Phi) is 9.52. The van der Waals surface area contributed by atoms with E-state index in [1.54, 1.807) is 41.3 Å². The predicted molar refractivity (Wildman–Crippen MR) is 169 cm³/mol. The molecule has 3 aromatic rings. The maximum atomic E-state index is 14.1. The molecule has 0 saturated heterocycles. The molecule has 1 aromatic heterocycles. The summed E-state index contributed by atoms with van der Waals surface area (Å²) in [6.45, 7) is 5.80. The quantitative estimate of drug-likeness (QED) is 0.272. The number of rotatable bonds is 7. The number of thiophene rings is 1. The van der Waals surface area contributed by atoms with E-state index in [1.807, 2.05) is 39.0 Å². The van der Waals surface area contributed by atoms with Crippen LogP contribution in [0.4, 0.5) is 0 Å². The van der Waals surface area contributed by atoms with Crippen LogP contribution in [0.2, 0.25) is 10.0 Å². The fraction of sp³-hybridized carbons (Fsp3) is 0.424. The molecule has 1 aliphatic carbocycles. The number of hydrogen-bond donors (Lipinski definition) is 2. The number of benzene rings is 2. The Morgan fingerprint density at radius 1 is 1.05 bits per heavy atom. The molecule has 0 radical (unpaired) electrons. The third-order valence-corrected chi connectivity index (χ3v) is 9.61. The van der Waals surface area contributed by atoms with Gasteiger partial charge in [-0.05, 0) is 81.5 Å². The highest BCUT2D eigenvalue weighted by Crippen LogP contribution is 2.47. The highest BCUT2D eigenvalue weighted by molar-refractivity contribution is 7.13. The van der Waals surface area contributed by atoms with E-state index in [-0.39, 0.29) is 17.8 Å². The van der Waals surface area contributed by atoms with Gasteiger partial charge < -0.3 is 20.1 Å². The molecule has 1 saturated carbocycles. The molecule has 4 atom stereocenters. The van der Waals surface area contributed by atoms with E-state index >= 15 is 0 Å². The summed E-state index contributed by atoms with van der Waals surface area (Å²) in [6.07, 6.45) is 2.77. The molecule has 2 aliphatic rings. The van der Waals surface area contributed by atoms with Gasteiger partial charge in [-0.2, -0.15) is 0 Å². The Bertz CT molecular complexity index is 1520. The van der Waals surface area contributed by atoms with Crippen molar-refractivity contribution in [1.82, 2.24) is 10.2 Å². The summed E-state index contributed by atoms with van der Waals surface area (Å²) >= 11 is 14.3. The van der Waals surface area contributed by atoms with Crippen molar-refractivity contribution < 1.29 is 24.2 Å². The third-order valence-electron chi connectivity index (χ3n) is 7.92. The third kappa shape index (κ3) is 6.93. The topological polar surface area (TPSA) is 95.9 Å². The maximum Gasteiger partial charge on any atom is 0.348 e. The Morgan fingerprint density at radius 2 is 1.79 bits per heavy atom. The summed E-state index contributed by atoms with van der Waals surface area (Å²) in [4.78, 5) is 43.9. The average molecular weight is 644 g/mol. The summed E-state index contributed by atoms with van der Waals surface area (Å²) in [5.74, 6) is -1.63. The highest BCUT2D eigenvalue weighted by Gasteiger charge is 2.48.